The van der Waals surface area contributed by atoms with E-state index in [4.69, 9.17) is 0 Å². The molecule has 0 spiro atoms. The number of ether oxygens (including phenoxy) is 1. The number of carbonyl (C=O) groups is 1. The van der Waals surface area contributed by atoms with Crippen molar-refractivity contribution in [3.05, 3.63) is 33.9 Å². The fourth-order valence-corrected chi connectivity index (χ4v) is 1.32. The minimum absolute atomic E-state index is 0.0822. The molecular formula is C10H5F6NO4. The Morgan fingerprint density at radius 3 is 2.05 bits per heavy atom. The number of alkyl halides is 6. The number of hydrogen-bond acceptors (Lipinski definition) is 4. The fraction of sp³-hybridized carbons (Fsp3) is 0.300. The van der Waals surface area contributed by atoms with E-state index < -0.39 is 40.4 Å². The number of nitro benzene ring substituents is 1. The summed E-state index contributed by atoms with van der Waals surface area (Å²) in [6.45, 7) is 0. The third-order valence-corrected chi connectivity index (χ3v) is 2.17. The van der Waals surface area contributed by atoms with Crippen molar-refractivity contribution in [1.29, 1.82) is 0 Å². The second-order valence-electron chi connectivity index (χ2n) is 3.68. The minimum atomic E-state index is -5.73. The number of hydrogen-bond donors (Lipinski definition) is 0. The van der Waals surface area contributed by atoms with Gasteiger partial charge in [-0.25, -0.2) is 0 Å². The van der Waals surface area contributed by atoms with Crippen molar-refractivity contribution in [2.45, 2.75) is 18.5 Å². The molecule has 0 atom stereocenters. The lowest BCUT2D eigenvalue weighted by molar-refractivity contribution is -0.385. The van der Waals surface area contributed by atoms with Crippen molar-refractivity contribution in [2.24, 2.45) is 0 Å². The summed E-state index contributed by atoms with van der Waals surface area (Å²) in [6, 6.07) is 1.54. The van der Waals surface area contributed by atoms with Crippen LogP contribution in [0.1, 0.15) is 10.4 Å². The van der Waals surface area contributed by atoms with Crippen LogP contribution < -0.4 is 4.74 Å². The molecule has 0 saturated heterocycles. The molecular weight excluding hydrogens is 312 g/mol. The van der Waals surface area contributed by atoms with Crippen molar-refractivity contribution < 1.29 is 40.8 Å². The van der Waals surface area contributed by atoms with E-state index in [-0.39, 0.29) is 6.29 Å². The van der Waals surface area contributed by atoms with E-state index in [1.807, 2.05) is 0 Å². The summed E-state index contributed by atoms with van der Waals surface area (Å²) < 4.78 is 77.4. The first-order chi connectivity index (χ1) is 9.46. The van der Waals surface area contributed by atoms with E-state index >= 15 is 0 Å². The molecule has 0 unspecified atom stereocenters. The van der Waals surface area contributed by atoms with E-state index in [0.29, 0.717) is 18.2 Å². The highest BCUT2D eigenvalue weighted by Crippen LogP contribution is 2.37. The zero-order valence-corrected chi connectivity index (χ0v) is 9.73. The van der Waals surface area contributed by atoms with Crippen LogP contribution in [0.15, 0.2) is 18.2 Å². The van der Waals surface area contributed by atoms with Crippen LogP contribution in [0.4, 0.5) is 32.0 Å². The standard InChI is InChI=1S/C10H5F6NO4/c11-9(12,13)8(10(14,15)16)21-6-1-2-7(17(19)20)5(3-6)4-18/h1-4,8H. The molecule has 0 aliphatic rings. The molecule has 0 aromatic heterocycles. The quantitative estimate of drug-likeness (QED) is 0.370. The maximum atomic E-state index is 12.3. The predicted octanol–water partition coefficient (Wildman–Crippen LogP) is 3.28. The third-order valence-electron chi connectivity index (χ3n) is 2.17. The average Bonchev–Trinajstić information content (AvgIpc) is 2.32. The maximum absolute atomic E-state index is 12.3. The normalized spacial score (nSPS) is 12.3. The van der Waals surface area contributed by atoms with Gasteiger partial charge in [-0.05, 0) is 12.1 Å². The number of rotatable bonds is 4. The van der Waals surface area contributed by atoms with E-state index in [9.17, 15) is 41.3 Å². The Bertz CT molecular complexity index is 539. The Kier molecular flexibility index (Phi) is 4.44. The fourth-order valence-electron chi connectivity index (χ4n) is 1.32. The number of carbonyl (C=O) groups excluding carboxylic acids is 1. The predicted molar refractivity (Wildman–Crippen MR) is 55.0 cm³/mol. The van der Waals surface area contributed by atoms with Crippen molar-refractivity contribution >= 4 is 12.0 Å². The highest BCUT2D eigenvalue weighted by molar-refractivity contribution is 5.82. The van der Waals surface area contributed by atoms with Crippen LogP contribution in [0.25, 0.3) is 0 Å². The molecule has 0 saturated carbocycles. The molecule has 0 fully saturated rings. The molecule has 0 aliphatic heterocycles. The monoisotopic (exact) mass is 317 g/mol. The molecule has 21 heavy (non-hydrogen) atoms. The van der Waals surface area contributed by atoms with Gasteiger partial charge in [-0.1, -0.05) is 0 Å². The van der Waals surface area contributed by atoms with E-state index in [0.717, 1.165) is 0 Å². The lowest BCUT2D eigenvalue weighted by atomic mass is 10.2. The van der Waals surface area contributed by atoms with Gasteiger partial charge in [-0.15, -0.1) is 0 Å². The van der Waals surface area contributed by atoms with Gasteiger partial charge in [-0.2, -0.15) is 26.3 Å². The maximum Gasteiger partial charge on any atom is 0.434 e. The highest BCUT2D eigenvalue weighted by atomic mass is 19.4. The first kappa shape index (κ1) is 16.7. The van der Waals surface area contributed by atoms with Crippen LogP contribution in [0.5, 0.6) is 5.75 Å². The Balaban J connectivity index is 3.17. The van der Waals surface area contributed by atoms with Crippen LogP contribution in [-0.4, -0.2) is 29.7 Å². The molecule has 5 nitrogen and oxygen atoms in total. The lowest BCUT2D eigenvalue weighted by Crippen LogP contribution is -2.46. The van der Waals surface area contributed by atoms with Gasteiger partial charge >= 0.3 is 12.4 Å². The number of nitro groups is 1. The van der Waals surface area contributed by atoms with Crippen molar-refractivity contribution in [2.75, 3.05) is 0 Å². The molecule has 0 N–H and O–H groups in total. The van der Waals surface area contributed by atoms with Crippen molar-refractivity contribution in [3.8, 4) is 5.75 Å². The van der Waals surface area contributed by atoms with Crippen LogP contribution in [0.2, 0.25) is 0 Å². The van der Waals surface area contributed by atoms with Gasteiger partial charge in [-0.3, -0.25) is 14.9 Å². The lowest BCUT2D eigenvalue weighted by Gasteiger charge is -2.23. The average molecular weight is 317 g/mol. The zero-order chi connectivity index (χ0) is 16.4. The van der Waals surface area contributed by atoms with Gasteiger partial charge < -0.3 is 4.74 Å². The number of benzene rings is 1. The van der Waals surface area contributed by atoms with Crippen LogP contribution in [0, 0.1) is 10.1 Å². The SMILES string of the molecule is O=Cc1cc(OC(C(F)(F)F)C(F)(F)F)ccc1[N+](=O)[O-]. The molecule has 0 amide bonds. The first-order valence-corrected chi connectivity index (χ1v) is 5.00. The van der Waals surface area contributed by atoms with Crippen molar-refractivity contribution in [1.82, 2.24) is 0 Å². The van der Waals surface area contributed by atoms with E-state index in [1.165, 1.54) is 0 Å². The van der Waals surface area contributed by atoms with Crippen LogP contribution in [0.3, 0.4) is 0 Å². The van der Waals surface area contributed by atoms with Gasteiger partial charge in [0.1, 0.15) is 5.75 Å². The summed E-state index contributed by atoms with van der Waals surface area (Å²) in [5.41, 5.74) is -1.48. The Morgan fingerprint density at radius 2 is 1.67 bits per heavy atom. The second kappa shape index (κ2) is 5.58. The summed E-state index contributed by atoms with van der Waals surface area (Å²) in [5.74, 6) is -0.970. The molecule has 0 heterocycles. The smallest absolute Gasteiger partial charge is 0.434 e. The second-order valence-corrected chi connectivity index (χ2v) is 3.68. The topological polar surface area (TPSA) is 69.4 Å². The zero-order valence-electron chi connectivity index (χ0n) is 9.73. The molecule has 0 aliphatic carbocycles. The Labute approximate surface area is 112 Å². The van der Waals surface area contributed by atoms with Gasteiger partial charge in [0.2, 0.25) is 0 Å². The van der Waals surface area contributed by atoms with Gasteiger partial charge in [0.05, 0.1) is 10.5 Å². The number of halogens is 6. The van der Waals surface area contributed by atoms with E-state index in [2.05, 4.69) is 4.74 Å². The molecule has 1 aromatic carbocycles. The Morgan fingerprint density at radius 1 is 1.14 bits per heavy atom. The summed E-state index contributed by atoms with van der Waals surface area (Å²) in [7, 11) is 0. The van der Waals surface area contributed by atoms with E-state index in [1.54, 1.807) is 0 Å². The molecule has 11 heteroatoms. The van der Waals surface area contributed by atoms with Crippen LogP contribution in [-0.2, 0) is 0 Å². The number of aldehydes is 1. The largest absolute Gasteiger partial charge is 0.471 e. The summed E-state index contributed by atoms with van der Waals surface area (Å²) in [5, 5.41) is 10.5. The van der Waals surface area contributed by atoms with Crippen LogP contribution >= 0.6 is 0 Å². The summed E-state index contributed by atoms with van der Waals surface area (Å²) in [6.07, 6.45) is -15.7. The molecule has 116 valence electrons. The molecule has 0 radical (unpaired) electrons. The summed E-state index contributed by atoms with van der Waals surface area (Å²) in [4.78, 5) is 20.0. The van der Waals surface area contributed by atoms with Crippen molar-refractivity contribution in [3.63, 3.8) is 0 Å². The Hall–Kier alpha value is -2.33. The first-order valence-electron chi connectivity index (χ1n) is 5.00. The third kappa shape index (κ3) is 4.07. The highest BCUT2D eigenvalue weighted by Gasteiger charge is 2.59. The molecule has 1 rings (SSSR count). The minimum Gasteiger partial charge on any atom is -0.471 e. The molecule has 0 bridgehead atoms. The number of nitrogens with zero attached hydrogens (tertiary/aromatic N) is 1. The van der Waals surface area contributed by atoms with Gasteiger partial charge in [0, 0.05) is 6.07 Å². The van der Waals surface area contributed by atoms with Gasteiger partial charge in [0.15, 0.2) is 6.29 Å². The molecule has 1 aromatic rings. The van der Waals surface area contributed by atoms with Gasteiger partial charge in [0.25, 0.3) is 11.8 Å². The summed E-state index contributed by atoms with van der Waals surface area (Å²) >= 11 is 0.